The number of carbonyl (C=O) groups excluding carboxylic acids is 2. The number of benzene rings is 1. The number of hydrogen-bond acceptors (Lipinski definition) is 5. The van der Waals surface area contributed by atoms with Crippen LogP contribution in [0.2, 0.25) is 5.02 Å². The normalized spacial score (nSPS) is 15.7. The summed E-state index contributed by atoms with van der Waals surface area (Å²) in [5.74, 6) is -0.327. The van der Waals surface area contributed by atoms with Gasteiger partial charge in [-0.1, -0.05) is 18.5 Å². The molecule has 1 unspecified atom stereocenters. The minimum atomic E-state index is -0.589. The van der Waals surface area contributed by atoms with Crippen molar-refractivity contribution in [2.45, 2.75) is 26.2 Å². The van der Waals surface area contributed by atoms with E-state index in [9.17, 15) is 19.7 Å². The predicted octanol–water partition coefficient (Wildman–Crippen LogP) is 4.05. The molecule has 9 heteroatoms. The van der Waals surface area contributed by atoms with Crippen LogP contribution in [0, 0.1) is 16.0 Å². The van der Waals surface area contributed by atoms with Crippen LogP contribution in [0.1, 0.15) is 44.5 Å². The molecule has 142 valence electrons. The van der Waals surface area contributed by atoms with E-state index in [1.54, 1.807) is 7.05 Å². The molecule has 0 saturated heterocycles. The molecule has 0 spiro atoms. The largest absolute Gasteiger partial charge is 0.355 e. The number of nitrogens with zero attached hydrogens (tertiary/aromatic N) is 1. The second-order valence-corrected chi connectivity index (χ2v) is 8.02. The van der Waals surface area contributed by atoms with Crippen molar-refractivity contribution >= 4 is 45.4 Å². The highest BCUT2D eigenvalue weighted by molar-refractivity contribution is 7.17. The smallest absolute Gasteiger partial charge is 0.270 e. The average Bonchev–Trinajstić information content (AvgIpc) is 2.97. The van der Waals surface area contributed by atoms with Gasteiger partial charge in [0.1, 0.15) is 5.00 Å². The molecule has 1 aromatic heterocycles. The fourth-order valence-corrected chi connectivity index (χ4v) is 4.78. The molecule has 0 fully saturated rings. The Labute approximate surface area is 164 Å². The number of fused-ring (bicyclic) bond motifs is 1. The van der Waals surface area contributed by atoms with Crippen LogP contribution in [0.4, 0.5) is 10.7 Å². The lowest BCUT2D eigenvalue weighted by atomic mass is 9.88. The molecule has 1 aliphatic carbocycles. The van der Waals surface area contributed by atoms with Crippen molar-refractivity contribution in [3.05, 3.63) is 54.9 Å². The van der Waals surface area contributed by atoms with Gasteiger partial charge < -0.3 is 10.6 Å². The van der Waals surface area contributed by atoms with Gasteiger partial charge in [0.15, 0.2) is 0 Å². The van der Waals surface area contributed by atoms with Crippen molar-refractivity contribution in [1.29, 1.82) is 0 Å². The van der Waals surface area contributed by atoms with E-state index >= 15 is 0 Å². The van der Waals surface area contributed by atoms with Crippen LogP contribution in [-0.2, 0) is 12.8 Å². The van der Waals surface area contributed by atoms with E-state index in [0.717, 1.165) is 35.8 Å². The topological polar surface area (TPSA) is 101 Å². The summed E-state index contributed by atoms with van der Waals surface area (Å²) in [6.07, 6.45) is 2.62. The Kier molecular flexibility index (Phi) is 5.48. The zero-order chi connectivity index (χ0) is 19.7. The van der Waals surface area contributed by atoms with Gasteiger partial charge in [-0.15, -0.1) is 11.3 Å². The van der Waals surface area contributed by atoms with Gasteiger partial charge >= 0.3 is 0 Å². The maximum absolute atomic E-state index is 12.7. The van der Waals surface area contributed by atoms with Crippen molar-refractivity contribution in [1.82, 2.24) is 5.32 Å². The van der Waals surface area contributed by atoms with Crippen molar-refractivity contribution in [3.8, 4) is 0 Å². The number of amides is 2. The van der Waals surface area contributed by atoms with Crippen LogP contribution in [-0.4, -0.2) is 23.8 Å². The minimum absolute atomic E-state index is 0.00605. The molecular weight excluding hydrogens is 390 g/mol. The molecule has 27 heavy (non-hydrogen) atoms. The molecule has 0 saturated carbocycles. The first-order chi connectivity index (χ1) is 12.8. The zero-order valence-electron chi connectivity index (χ0n) is 14.8. The lowest BCUT2D eigenvalue weighted by Crippen LogP contribution is -2.22. The summed E-state index contributed by atoms with van der Waals surface area (Å²) in [6, 6.07) is 3.68. The van der Waals surface area contributed by atoms with Gasteiger partial charge in [-0.3, -0.25) is 19.7 Å². The van der Waals surface area contributed by atoms with Crippen molar-refractivity contribution in [3.63, 3.8) is 0 Å². The Bertz CT molecular complexity index is 941. The second-order valence-electron chi connectivity index (χ2n) is 6.51. The molecule has 0 radical (unpaired) electrons. The van der Waals surface area contributed by atoms with E-state index in [4.69, 9.17) is 11.6 Å². The van der Waals surface area contributed by atoms with Gasteiger partial charge in [0, 0.05) is 24.1 Å². The van der Waals surface area contributed by atoms with Crippen LogP contribution in [0.15, 0.2) is 18.2 Å². The van der Waals surface area contributed by atoms with Crippen LogP contribution in [0.3, 0.4) is 0 Å². The van der Waals surface area contributed by atoms with Gasteiger partial charge in [0.05, 0.1) is 21.1 Å². The third-order valence-corrected chi connectivity index (χ3v) is 6.10. The molecular formula is C18H18ClN3O4S. The third-order valence-electron chi connectivity index (χ3n) is 4.60. The summed E-state index contributed by atoms with van der Waals surface area (Å²) in [7, 11) is 1.54. The molecule has 1 atom stereocenters. The Morgan fingerprint density at radius 3 is 2.74 bits per heavy atom. The molecule has 3 rings (SSSR count). The molecule has 1 aliphatic rings. The van der Waals surface area contributed by atoms with E-state index in [1.165, 1.54) is 23.5 Å². The summed E-state index contributed by atoms with van der Waals surface area (Å²) in [5.41, 5.74) is 1.21. The van der Waals surface area contributed by atoms with Crippen LogP contribution in [0.5, 0.6) is 0 Å². The monoisotopic (exact) mass is 407 g/mol. The molecule has 2 N–H and O–H groups in total. The summed E-state index contributed by atoms with van der Waals surface area (Å²) in [5, 5.41) is 16.9. The first-order valence-electron chi connectivity index (χ1n) is 8.43. The predicted molar refractivity (Wildman–Crippen MR) is 105 cm³/mol. The maximum Gasteiger partial charge on any atom is 0.270 e. The Hall–Kier alpha value is -2.45. The number of nitrogens with one attached hydrogen (secondary N) is 2. The maximum atomic E-state index is 12.7. The lowest BCUT2D eigenvalue weighted by Gasteiger charge is -2.18. The first kappa shape index (κ1) is 19.3. The van der Waals surface area contributed by atoms with Crippen molar-refractivity contribution < 1.29 is 14.5 Å². The fourth-order valence-electron chi connectivity index (χ4n) is 3.18. The standard InChI is InChI=1S/C18H18ClN3O4S/c1-9-3-5-11-14(7-9)27-18(15(11)17(24)20-2)21-16(23)12-8-10(22(25)26)4-6-13(12)19/h4,6,8-9H,3,5,7H2,1-2H3,(H,20,24)(H,21,23). The minimum Gasteiger partial charge on any atom is -0.355 e. The number of carbonyl (C=O) groups is 2. The summed E-state index contributed by atoms with van der Waals surface area (Å²) in [4.78, 5) is 36.6. The van der Waals surface area contributed by atoms with Crippen LogP contribution >= 0.6 is 22.9 Å². The quantitative estimate of drug-likeness (QED) is 0.589. The van der Waals surface area contributed by atoms with Crippen molar-refractivity contribution in [2.75, 3.05) is 12.4 Å². The number of rotatable bonds is 4. The molecule has 2 amide bonds. The molecule has 0 bridgehead atoms. The summed E-state index contributed by atoms with van der Waals surface area (Å²) in [6.45, 7) is 2.16. The van der Waals surface area contributed by atoms with Gasteiger partial charge in [0.2, 0.25) is 0 Å². The van der Waals surface area contributed by atoms with Crippen LogP contribution < -0.4 is 10.6 Å². The second kappa shape index (κ2) is 7.66. The van der Waals surface area contributed by atoms with Gasteiger partial charge in [-0.05, 0) is 36.8 Å². The lowest BCUT2D eigenvalue weighted by molar-refractivity contribution is -0.384. The Morgan fingerprint density at radius 2 is 2.07 bits per heavy atom. The van der Waals surface area contributed by atoms with Gasteiger partial charge in [-0.2, -0.15) is 0 Å². The average molecular weight is 408 g/mol. The number of hydrogen-bond donors (Lipinski definition) is 2. The fraction of sp³-hybridized carbons (Fsp3) is 0.333. The Balaban J connectivity index is 1.98. The highest BCUT2D eigenvalue weighted by Crippen LogP contribution is 2.40. The van der Waals surface area contributed by atoms with E-state index in [0.29, 0.717) is 16.5 Å². The number of non-ortho nitro benzene ring substituents is 1. The third kappa shape index (κ3) is 3.81. The number of thiophene rings is 1. The zero-order valence-corrected chi connectivity index (χ0v) is 16.4. The van der Waals surface area contributed by atoms with Crippen molar-refractivity contribution in [2.24, 2.45) is 5.92 Å². The SMILES string of the molecule is CNC(=O)c1c(NC(=O)c2cc([N+](=O)[O-])ccc2Cl)sc2c1CCC(C)C2. The summed E-state index contributed by atoms with van der Waals surface area (Å²) < 4.78 is 0. The molecule has 1 heterocycles. The molecule has 7 nitrogen and oxygen atoms in total. The first-order valence-corrected chi connectivity index (χ1v) is 9.63. The highest BCUT2D eigenvalue weighted by Gasteiger charge is 2.28. The highest BCUT2D eigenvalue weighted by atomic mass is 35.5. The molecule has 2 aromatic rings. The van der Waals surface area contributed by atoms with Gasteiger partial charge in [0.25, 0.3) is 17.5 Å². The van der Waals surface area contributed by atoms with E-state index in [2.05, 4.69) is 17.6 Å². The Morgan fingerprint density at radius 1 is 1.33 bits per heavy atom. The summed E-state index contributed by atoms with van der Waals surface area (Å²) >= 11 is 7.43. The van der Waals surface area contributed by atoms with E-state index in [-0.39, 0.29) is 22.2 Å². The molecule has 1 aromatic carbocycles. The number of nitro groups is 1. The molecule has 0 aliphatic heterocycles. The van der Waals surface area contributed by atoms with E-state index < -0.39 is 10.8 Å². The van der Waals surface area contributed by atoms with E-state index in [1.807, 2.05) is 0 Å². The number of nitro benzene ring substituents is 1. The van der Waals surface area contributed by atoms with Crippen LogP contribution in [0.25, 0.3) is 0 Å². The number of halogens is 1. The number of anilines is 1. The van der Waals surface area contributed by atoms with Gasteiger partial charge in [-0.25, -0.2) is 0 Å².